The van der Waals surface area contributed by atoms with Crippen LogP contribution in [0, 0.1) is 6.92 Å². The van der Waals surface area contributed by atoms with Crippen LogP contribution < -0.4 is 10.6 Å². The fourth-order valence-corrected chi connectivity index (χ4v) is 2.51. The molecule has 0 bridgehead atoms. The largest absolute Gasteiger partial charge is 0.399 e. The molecule has 0 aliphatic heterocycles. The molecule has 0 aromatic heterocycles. The summed E-state index contributed by atoms with van der Waals surface area (Å²) >= 11 is 0. The third-order valence-electron chi connectivity index (χ3n) is 3.54. The highest BCUT2D eigenvalue weighted by molar-refractivity contribution is 5.83. The van der Waals surface area contributed by atoms with Crippen LogP contribution in [0.15, 0.2) is 42.5 Å². The molecule has 4 nitrogen and oxygen atoms in total. The van der Waals surface area contributed by atoms with Crippen molar-refractivity contribution in [2.75, 3.05) is 36.9 Å². The molecule has 0 heterocycles. The summed E-state index contributed by atoms with van der Waals surface area (Å²) in [5.74, 6) is 0. The van der Waals surface area contributed by atoms with E-state index in [1.807, 2.05) is 35.2 Å². The van der Waals surface area contributed by atoms with E-state index in [-0.39, 0.29) is 13.2 Å². The topological polar surface area (TPSA) is 69.7 Å². The van der Waals surface area contributed by atoms with E-state index in [2.05, 4.69) is 19.1 Å². The van der Waals surface area contributed by atoms with Crippen LogP contribution in [0.4, 0.5) is 11.4 Å². The van der Waals surface area contributed by atoms with Gasteiger partial charge in [-0.25, -0.2) is 0 Å². The lowest BCUT2D eigenvalue weighted by molar-refractivity contribution is 0.281. The van der Waals surface area contributed by atoms with Crippen LogP contribution in [0.1, 0.15) is 5.56 Å². The van der Waals surface area contributed by atoms with Crippen molar-refractivity contribution in [3.8, 4) is 11.1 Å². The number of hydrogen-bond donors (Lipinski definition) is 3. The number of nitrogens with zero attached hydrogens (tertiary/aromatic N) is 1. The Morgan fingerprint density at radius 2 is 1.62 bits per heavy atom. The van der Waals surface area contributed by atoms with Gasteiger partial charge >= 0.3 is 0 Å². The number of aryl methyl sites for hydroxylation is 1. The maximum Gasteiger partial charge on any atom is 0.0606 e. The van der Waals surface area contributed by atoms with E-state index in [1.54, 1.807) is 0 Å². The first-order valence-electron chi connectivity index (χ1n) is 7.09. The Hall–Kier alpha value is -2.04. The van der Waals surface area contributed by atoms with Gasteiger partial charge in [-0.3, -0.25) is 0 Å². The molecule has 4 N–H and O–H groups in total. The Labute approximate surface area is 125 Å². The zero-order chi connectivity index (χ0) is 15.2. The fraction of sp³-hybridized carbons (Fsp3) is 0.294. The minimum atomic E-state index is 0.0393. The lowest BCUT2D eigenvalue weighted by atomic mass is 9.98. The number of benzene rings is 2. The Bertz CT molecular complexity index is 593. The van der Waals surface area contributed by atoms with E-state index < -0.39 is 0 Å². The van der Waals surface area contributed by atoms with Crippen molar-refractivity contribution in [3.05, 3.63) is 48.0 Å². The Morgan fingerprint density at radius 1 is 0.952 bits per heavy atom. The average molecular weight is 286 g/mol. The Kier molecular flexibility index (Phi) is 5.20. The summed E-state index contributed by atoms with van der Waals surface area (Å²) in [7, 11) is 0. The first-order chi connectivity index (χ1) is 10.2. The van der Waals surface area contributed by atoms with Crippen molar-refractivity contribution >= 4 is 11.4 Å². The van der Waals surface area contributed by atoms with Crippen LogP contribution in [0.5, 0.6) is 0 Å². The van der Waals surface area contributed by atoms with Crippen molar-refractivity contribution in [3.63, 3.8) is 0 Å². The van der Waals surface area contributed by atoms with Gasteiger partial charge in [0.1, 0.15) is 0 Å². The van der Waals surface area contributed by atoms with Crippen molar-refractivity contribution < 1.29 is 10.2 Å². The number of rotatable bonds is 6. The second kappa shape index (κ2) is 7.11. The molecule has 112 valence electrons. The molecule has 0 radical (unpaired) electrons. The number of aliphatic hydroxyl groups excluding tert-OH is 2. The molecule has 0 saturated carbocycles. The normalized spacial score (nSPS) is 10.6. The predicted molar refractivity (Wildman–Crippen MR) is 87.4 cm³/mol. The Balaban J connectivity index is 2.54. The van der Waals surface area contributed by atoms with Gasteiger partial charge in [-0.05, 0) is 36.2 Å². The summed E-state index contributed by atoms with van der Waals surface area (Å²) < 4.78 is 0. The van der Waals surface area contributed by atoms with Crippen LogP contribution in [-0.4, -0.2) is 36.5 Å². The lowest BCUT2D eigenvalue weighted by Gasteiger charge is -2.26. The van der Waals surface area contributed by atoms with Crippen LogP contribution in [0.25, 0.3) is 11.1 Å². The van der Waals surface area contributed by atoms with Crippen LogP contribution in [-0.2, 0) is 0 Å². The quantitative estimate of drug-likeness (QED) is 0.711. The molecule has 0 fully saturated rings. The highest BCUT2D eigenvalue weighted by Gasteiger charge is 2.13. The molecule has 0 unspecified atom stereocenters. The van der Waals surface area contributed by atoms with E-state index >= 15 is 0 Å². The molecule has 0 amide bonds. The monoisotopic (exact) mass is 286 g/mol. The zero-order valence-corrected chi connectivity index (χ0v) is 12.3. The summed E-state index contributed by atoms with van der Waals surface area (Å²) in [6.45, 7) is 3.09. The number of anilines is 2. The lowest BCUT2D eigenvalue weighted by Crippen LogP contribution is -2.30. The van der Waals surface area contributed by atoms with Crippen molar-refractivity contribution in [2.45, 2.75) is 6.92 Å². The molecule has 0 spiro atoms. The van der Waals surface area contributed by atoms with E-state index in [9.17, 15) is 10.2 Å². The minimum Gasteiger partial charge on any atom is -0.399 e. The van der Waals surface area contributed by atoms with Crippen molar-refractivity contribution in [1.29, 1.82) is 0 Å². The van der Waals surface area contributed by atoms with Gasteiger partial charge in [0.25, 0.3) is 0 Å². The van der Waals surface area contributed by atoms with Gasteiger partial charge in [-0.1, -0.05) is 24.3 Å². The summed E-state index contributed by atoms with van der Waals surface area (Å²) in [6.07, 6.45) is 0. The Morgan fingerprint density at radius 3 is 2.24 bits per heavy atom. The van der Waals surface area contributed by atoms with E-state index in [0.29, 0.717) is 18.8 Å². The van der Waals surface area contributed by atoms with E-state index in [1.165, 1.54) is 0 Å². The van der Waals surface area contributed by atoms with Crippen LogP contribution in [0.2, 0.25) is 0 Å². The molecule has 0 atom stereocenters. The predicted octanol–water partition coefficient (Wildman–Crippen LogP) is 2.04. The second-order valence-corrected chi connectivity index (χ2v) is 5.03. The number of nitrogens with two attached hydrogens (primary N) is 1. The van der Waals surface area contributed by atoms with Gasteiger partial charge in [0.05, 0.1) is 13.2 Å². The standard InChI is InChI=1S/C17H22N2O2/c1-13-4-2-3-5-15(13)16-12-14(18)6-7-17(16)19(8-10-20)9-11-21/h2-7,12,20-21H,8-11,18H2,1H3. The molecule has 0 aliphatic carbocycles. The van der Waals surface area contributed by atoms with Gasteiger partial charge in [0, 0.05) is 30.0 Å². The fourth-order valence-electron chi connectivity index (χ4n) is 2.51. The molecule has 2 aromatic rings. The molecule has 0 aliphatic rings. The van der Waals surface area contributed by atoms with Gasteiger partial charge in [-0.2, -0.15) is 0 Å². The first-order valence-corrected chi connectivity index (χ1v) is 7.09. The summed E-state index contributed by atoms with van der Waals surface area (Å²) in [4.78, 5) is 1.97. The highest BCUT2D eigenvalue weighted by atomic mass is 16.3. The average Bonchev–Trinajstić information content (AvgIpc) is 2.47. The smallest absolute Gasteiger partial charge is 0.0606 e. The minimum absolute atomic E-state index is 0.0393. The number of nitrogen functional groups attached to an aromatic ring is 1. The molecule has 21 heavy (non-hydrogen) atoms. The van der Waals surface area contributed by atoms with Gasteiger partial charge < -0.3 is 20.8 Å². The third-order valence-corrected chi connectivity index (χ3v) is 3.54. The number of aliphatic hydroxyl groups is 2. The van der Waals surface area contributed by atoms with Crippen molar-refractivity contribution in [1.82, 2.24) is 0 Å². The van der Waals surface area contributed by atoms with Gasteiger partial charge in [0.15, 0.2) is 0 Å². The van der Waals surface area contributed by atoms with E-state index in [4.69, 9.17) is 5.73 Å². The van der Waals surface area contributed by atoms with E-state index in [0.717, 1.165) is 22.4 Å². The second-order valence-electron chi connectivity index (χ2n) is 5.03. The highest BCUT2D eigenvalue weighted by Crippen LogP contribution is 2.34. The van der Waals surface area contributed by atoms with Crippen LogP contribution in [0.3, 0.4) is 0 Å². The summed E-state index contributed by atoms with van der Waals surface area (Å²) in [5.41, 5.74) is 10.9. The van der Waals surface area contributed by atoms with Gasteiger partial charge in [-0.15, -0.1) is 0 Å². The first kappa shape index (κ1) is 15.4. The third kappa shape index (κ3) is 3.54. The number of hydrogen-bond acceptors (Lipinski definition) is 4. The van der Waals surface area contributed by atoms with Crippen molar-refractivity contribution in [2.24, 2.45) is 0 Å². The van der Waals surface area contributed by atoms with Crippen LogP contribution >= 0.6 is 0 Å². The van der Waals surface area contributed by atoms with Gasteiger partial charge in [0.2, 0.25) is 0 Å². The molecular weight excluding hydrogens is 264 g/mol. The molecule has 2 aromatic carbocycles. The molecule has 4 heteroatoms. The summed E-state index contributed by atoms with van der Waals surface area (Å²) in [6, 6.07) is 13.9. The zero-order valence-electron chi connectivity index (χ0n) is 12.3. The maximum absolute atomic E-state index is 9.25. The maximum atomic E-state index is 9.25. The SMILES string of the molecule is Cc1ccccc1-c1cc(N)ccc1N(CCO)CCO. The molecular formula is C17H22N2O2. The molecule has 0 saturated heterocycles. The summed E-state index contributed by atoms with van der Waals surface area (Å²) in [5, 5.41) is 18.5. The molecule has 2 rings (SSSR count).